The van der Waals surface area contributed by atoms with E-state index in [2.05, 4.69) is 51.7 Å². The first kappa shape index (κ1) is 12.9. The van der Waals surface area contributed by atoms with E-state index in [1.807, 2.05) is 0 Å². The summed E-state index contributed by atoms with van der Waals surface area (Å²) in [4.78, 5) is 4.70. The lowest BCUT2D eigenvalue weighted by Gasteiger charge is -2.24. The highest BCUT2D eigenvalue weighted by Gasteiger charge is 2.06. The molecule has 0 aliphatic heterocycles. The standard InChI is InChI=1S/C11H26N2/c1-10(2)9-13(6)8-7-11(3)12(4)5/h10-11H,7-9H2,1-6H3. The van der Waals surface area contributed by atoms with E-state index >= 15 is 0 Å². The predicted octanol–water partition coefficient (Wildman–Crippen LogP) is 1.91. The molecule has 0 saturated carbocycles. The van der Waals surface area contributed by atoms with Gasteiger partial charge in [0.25, 0.3) is 0 Å². The van der Waals surface area contributed by atoms with Gasteiger partial charge in [-0.1, -0.05) is 13.8 Å². The summed E-state index contributed by atoms with van der Waals surface area (Å²) < 4.78 is 0. The molecule has 0 aliphatic rings. The van der Waals surface area contributed by atoms with Crippen molar-refractivity contribution in [3.8, 4) is 0 Å². The van der Waals surface area contributed by atoms with Gasteiger partial charge in [-0.15, -0.1) is 0 Å². The number of nitrogens with zero attached hydrogens (tertiary/aromatic N) is 2. The molecule has 0 radical (unpaired) electrons. The van der Waals surface area contributed by atoms with E-state index in [0.717, 1.165) is 5.92 Å². The molecule has 0 spiro atoms. The fourth-order valence-corrected chi connectivity index (χ4v) is 1.38. The van der Waals surface area contributed by atoms with Gasteiger partial charge in [-0.25, -0.2) is 0 Å². The molecule has 1 atom stereocenters. The molecule has 13 heavy (non-hydrogen) atoms. The summed E-state index contributed by atoms with van der Waals surface area (Å²) in [5, 5.41) is 0. The Morgan fingerprint density at radius 2 is 1.54 bits per heavy atom. The smallest absolute Gasteiger partial charge is 0.00730 e. The number of hydrogen-bond acceptors (Lipinski definition) is 2. The molecule has 2 nitrogen and oxygen atoms in total. The van der Waals surface area contributed by atoms with Crippen LogP contribution in [0.5, 0.6) is 0 Å². The fraction of sp³-hybridized carbons (Fsp3) is 1.00. The third-order valence-corrected chi connectivity index (χ3v) is 2.49. The average Bonchev–Trinajstić information content (AvgIpc) is 1.98. The summed E-state index contributed by atoms with van der Waals surface area (Å²) in [7, 11) is 6.50. The Labute approximate surface area is 83.9 Å². The van der Waals surface area contributed by atoms with Crippen molar-refractivity contribution < 1.29 is 0 Å². The molecule has 1 unspecified atom stereocenters. The molecule has 0 aromatic heterocycles. The van der Waals surface area contributed by atoms with Gasteiger partial charge in [0, 0.05) is 12.6 Å². The molecule has 2 heteroatoms. The highest BCUT2D eigenvalue weighted by Crippen LogP contribution is 2.01. The van der Waals surface area contributed by atoms with Crippen LogP contribution in [0.4, 0.5) is 0 Å². The first-order valence-electron chi connectivity index (χ1n) is 5.28. The van der Waals surface area contributed by atoms with Gasteiger partial charge in [0.1, 0.15) is 0 Å². The summed E-state index contributed by atoms with van der Waals surface area (Å²) >= 11 is 0. The zero-order valence-electron chi connectivity index (χ0n) is 10.2. The zero-order valence-corrected chi connectivity index (χ0v) is 10.2. The van der Waals surface area contributed by atoms with E-state index in [1.165, 1.54) is 19.5 Å². The van der Waals surface area contributed by atoms with Crippen LogP contribution in [0.25, 0.3) is 0 Å². The molecule has 0 rings (SSSR count). The van der Waals surface area contributed by atoms with Crippen LogP contribution in [-0.2, 0) is 0 Å². The Hall–Kier alpha value is -0.0800. The van der Waals surface area contributed by atoms with Crippen molar-refractivity contribution in [1.29, 1.82) is 0 Å². The van der Waals surface area contributed by atoms with Crippen LogP contribution in [0, 0.1) is 5.92 Å². The first-order chi connectivity index (χ1) is 5.93. The normalized spacial score (nSPS) is 14.5. The Morgan fingerprint density at radius 3 is 1.92 bits per heavy atom. The first-order valence-corrected chi connectivity index (χ1v) is 5.28. The maximum atomic E-state index is 2.42. The van der Waals surface area contributed by atoms with Gasteiger partial charge >= 0.3 is 0 Å². The molecule has 0 bridgehead atoms. The number of rotatable bonds is 6. The molecule has 0 heterocycles. The van der Waals surface area contributed by atoms with Crippen LogP contribution < -0.4 is 0 Å². The average molecular weight is 186 g/mol. The van der Waals surface area contributed by atoms with Gasteiger partial charge in [-0.05, 0) is 47.0 Å². The highest BCUT2D eigenvalue weighted by atomic mass is 15.1. The second-order valence-corrected chi connectivity index (χ2v) is 4.76. The number of hydrogen-bond donors (Lipinski definition) is 0. The van der Waals surface area contributed by atoms with Crippen LogP contribution in [0.15, 0.2) is 0 Å². The minimum atomic E-state index is 0.689. The Morgan fingerprint density at radius 1 is 1.00 bits per heavy atom. The van der Waals surface area contributed by atoms with E-state index in [4.69, 9.17) is 0 Å². The quantitative estimate of drug-likeness (QED) is 0.625. The largest absolute Gasteiger partial charge is 0.307 e. The van der Waals surface area contributed by atoms with Crippen molar-refractivity contribution in [2.24, 2.45) is 5.92 Å². The molecule has 0 aromatic carbocycles. The molecular formula is C11H26N2. The predicted molar refractivity (Wildman–Crippen MR) is 60.1 cm³/mol. The molecule has 80 valence electrons. The van der Waals surface area contributed by atoms with Gasteiger partial charge in [-0.3, -0.25) is 0 Å². The van der Waals surface area contributed by atoms with Gasteiger partial charge in [0.2, 0.25) is 0 Å². The monoisotopic (exact) mass is 186 g/mol. The van der Waals surface area contributed by atoms with Crippen molar-refractivity contribution in [3.05, 3.63) is 0 Å². The Balaban J connectivity index is 3.51. The summed E-state index contributed by atoms with van der Waals surface area (Å²) in [6.07, 6.45) is 1.26. The summed E-state index contributed by atoms with van der Waals surface area (Å²) in [6, 6.07) is 0.689. The fourth-order valence-electron chi connectivity index (χ4n) is 1.38. The molecule has 0 saturated heterocycles. The third kappa shape index (κ3) is 7.03. The maximum Gasteiger partial charge on any atom is 0.00730 e. The zero-order chi connectivity index (χ0) is 10.4. The third-order valence-electron chi connectivity index (χ3n) is 2.49. The maximum absolute atomic E-state index is 2.42. The van der Waals surface area contributed by atoms with Crippen LogP contribution in [-0.4, -0.2) is 50.1 Å². The minimum Gasteiger partial charge on any atom is -0.307 e. The van der Waals surface area contributed by atoms with Gasteiger partial charge in [-0.2, -0.15) is 0 Å². The minimum absolute atomic E-state index is 0.689. The van der Waals surface area contributed by atoms with Crippen LogP contribution >= 0.6 is 0 Å². The lowest BCUT2D eigenvalue weighted by Crippen LogP contribution is -2.31. The van der Waals surface area contributed by atoms with E-state index in [0.29, 0.717) is 6.04 Å². The summed E-state index contributed by atoms with van der Waals surface area (Å²) in [5.74, 6) is 0.777. The molecular weight excluding hydrogens is 160 g/mol. The Bertz CT molecular complexity index is 121. The van der Waals surface area contributed by atoms with Crippen LogP contribution in [0.3, 0.4) is 0 Å². The highest BCUT2D eigenvalue weighted by molar-refractivity contribution is 4.63. The van der Waals surface area contributed by atoms with E-state index < -0.39 is 0 Å². The topological polar surface area (TPSA) is 6.48 Å². The van der Waals surface area contributed by atoms with Crippen molar-refractivity contribution in [3.63, 3.8) is 0 Å². The van der Waals surface area contributed by atoms with Gasteiger partial charge in [0.05, 0.1) is 0 Å². The summed E-state index contributed by atoms with van der Waals surface area (Å²) in [5.41, 5.74) is 0. The molecule has 0 aromatic rings. The molecule has 0 aliphatic carbocycles. The SMILES string of the molecule is CC(C)CN(C)CCC(C)N(C)C. The summed E-state index contributed by atoms with van der Waals surface area (Å²) in [6.45, 7) is 9.23. The lowest BCUT2D eigenvalue weighted by atomic mass is 10.2. The van der Waals surface area contributed by atoms with Crippen molar-refractivity contribution in [2.75, 3.05) is 34.2 Å². The van der Waals surface area contributed by atoms with E-state index in [9.17, 15) is 0 Å². The van der Waals surface area contributed by atoms with E-state index in [-0.39, 0.29) is 0 Å². The van der Waals surface area contributed by atoms with Gasteiger partial charge < -0.3 is 9.80 Å². The lowest BCUT2D eigenvalue weighted by molar-refractivity contribution is 0.236. The van der Waals surface area contributed by atoms with Crippen molar-refractivity contribution in [1.82, 2.24) is 9.80 Å². The molecule has 0 fully saturated rings. The second kappa shape index (κ2) is 6.39. The Kier molecular flexibility index (Phi) is 6.35. The molecule has 0 N–H and O–H groups in total. The van der Waals surface area contributed by atoms with Crippen LogP contribution in [0.1, 0.15) is 27.2 Å². The molecule has 0 amide bonds. The van der Waals surface area contributed by atoms with Crippen LogP contribution in [0.2, 0.25) is 0 Å². The van der Waals surface area contributed by atoms with Gasteiger partial charge in [0.15, 0.2) is 0 Å². The van der Waals surface area contributed by atoms with Crippen molar-refractivity contribution >= 4 is 0 Å². The van der Waals surface area contributed by atoms with E-state index in [1.54, 1.807) is 0 Å². The second-order valence-electron chi connectivity index (χ2n) is 4.76. The van der Waals surface area contributed by atoms with Crippen molar-refractivity contribution in [2.45, 2.75) is 33.2 Å².